The molecule has 0 fully saturated rings. The van der Waals surface area contributed by atoms with E-state index in [0.717, 1.165) is 22.7 Å². The van der Waals surface area contributed by atoms with E-state index in [4.69, 9.17) is 9.57 Å². The molecule has 0 radical (unpaired) electrons. The van der Waals surface area contributed by atoms with Crippen molar-refractivity contribution in [2.45, 2.75) is 39.3 Å². The minimum Gasteiger partial charge on any atom is -0.497 e. The van der Waals surface area contributed by atoms with Gasteiger partial charge in [-0.1, -0.05) is 5.16 Å². The van der Waals surface area contributed by atoms with Crippen molar-refractivity contribution in [1.29, 1.82) is 0 Å². The topological polar surface area (TPSA) is 77.7 Å². The number of oxime groups is 1. The number of hydrogen-bond donors (Lipinski definition) is 1. The van der Waals surface area contributed by atoms with Gasteiger partial charge < -0.3 is 14.9 Å². The Labute approximate surface area is 146 Å². The number of methoxy groups -OCH3 is 1. The molecule has 7 nitrogen and oxygen atoms in total. The summed E-state index contributed by atoms with van der Waals surface area (Å²) in [5, 5.41) is 11.3. The molecule has 25 heavy (non-hydrogen) atoms. The van der Waals surface area contributed by atoms with Crippen LogP contribution in [-0.4, -0.2) is 34.1 Å². The first-order valence-electron chi connectivity index (χ1n) is 8.20. The summed E-state index contributed by atoms with van der Waals surface area (Å²) in [6.07, 6.45) is 0.393. The number of nitrogens with zero attached hydrogens (tertiary/aromatic N) is 3. The summed E-state index contributed by atoms with van der Waals surface area (Å²) in [7, 11) is 1.62. The van der Waals surface area contributed by atoms with E-state index in [0.29, 0.717) is 18.8 Å². The molecule has 132 valence electrons. The van der Waals surface area contributed by atoms with Gasteiger partial charge in [0.15, 0.2) is 0 Å². The van der Waals surface area contributed by atoms with E-state index in [1.54, 1.807) is 18.7 Å². The van der Waals surface area contributed by atoms with Crippen LogP contribution >= 0.6 is 0 Å². The lowest BCUT2D eigenvalue weighted by atomic mass is 9.95. The Kier molecular flexibility index (Phi) is 4.48. The molecule has 1 atom stereocenters. The molecule has 1 aliphatic heterocycles. The second-order valence-corrected chi connectivity index (χ2v) is 6.21. The molecule has 1 N–H and O–H groups in total. The standard InChI is InChI=1S/C18H22N4O3/c1-5-22-16(10-12(2)20-22)19-17(23)18(3)11-15(21-25-18)13-6-8-14(24-4)9-7-13/h6-10H,5,11H2,1-4H3,(H,19,23)/t18-/m1/s1. The molecule has 0 bridgehead atoms. The van der Waals surface area contributed by atoms with Crippen LogP contribution < -0.4 is 10.1 Å². The maximum atomic E-state index is 12.7. The quantitative estimate of drug-likeness (QED) is 0.906. The van der Waals surface area contributed by atoms with Crippen molar-refractivity contribution in [2.24, 2.45) is 5.16 Å². The summed E-state index contributed by atoms with van der Waals surface area (Å²) in [4.78, 5) is 18.2. The average Bonchev–Trinajstić information content (AvgIpc) is 3.18. The van der Waals surface area contributed by atoms with Crippen LogP contribution in [0.5, 0.6) is 5.75 Å². The zero-order valence-electron chi connectivity index (χ0n) is 14.9. The number of aryl methyl sites for hydroxylation is 2. The second kappa shape index (κ2) is 6.58. The first-order chi connectivity index (χ1) is 11.9. The molecule has 2 aromatic rings. The lowest BCUT2D eigenvalue weighted by Gasteiger charge is -2.20. The highest BCUT2D eigenvalue weighted by molar-refractivity contribution is 6.07. The van der Waals surface area contributed by atoms with Crippen LogP contribution in [-0.2, 0) is 16.2 Å². The Morgan fingerprint density at radius 3 is 2.76 bits per heavy atom. The number of carbonyl (C=O) groups excluding carboxylic acids is 1. The molecule has 1 amide bonds. The highest BCUT2D eigenvalue weighted by Gasteiger charge is 2.42. The van der Waals surface area contributed by atoms with E-state index in [9.17, 15) is 4.79 Å². The third-order valence-electron chi connectivity index (χ3n) is 4.21. The van der Waals surface area contributed by atoms with Gasteiger partial charge in [0.05, 0.1) is 18.5 Å². The maximum absolute atomic E-state index is 12.7. The van der Waals surface area contributed by atoms with Crippen LogP contribution in [0.25, 0.3) is 0 Å². The van der Waals surface area contributed by atoms with Crippen molar-refractivity contribution in [3.8, 4) is 5.75 Å². The number of amides is 1. The summed E-state index contributed by atoms with van der Waals surface area (Å²) in [6, 6.07) is 9.36. The Morgan fingerprint density at radius 2 is 2.12 bits per heavy atom. The van der Waals surface area contributed by atoms with Crippen LogP contribution in [0.3, 0.4) is 0 Å². The van der Waals surface area contributed by atoms with Crippen LogP contribution in [0.2, 0.25) is 0 Å². The fraction of sp³-hybridized carbons (Fsp3) is 0.389. The zero-order valence-corrected chi connectivity index (χ0v) is 14.9. The van der Waals surface area contributed by atoms with Crippen molar-refractivity contribution >= 4 is 17.4 Å². The molecule has 0 unspecified atom stereocenters. The normalized spacial score (nSPS) is 19.3. The van der Waals surface area contributed by atoms with Gasteiger partial charge in [-0.25, -0.2) is 4.68 Å². The number of hydrogen-bond acceptors (Lipinski definition) is 5. The molecule has 1 aromatic heterocycles. The van der Waals surface area contributed by atoms with E-state index in [1.165, 1.54) is 0 Å². The monoisotopic (exact) mass is 342 g/mol. The Hall–Kier alpha value is -2.83. The van der Waals surface area contributed by atoms with Gasteiger partial charge in [0.25, 0.3) is 5.91 Å². The Bertz CT molecular complexity index is 810. The van der Waals surface area contributed by atoms with Gasteiger partial charge in [-0.15, -0.1) is 0 Å². The van der Waals surface area contributed by atoms with Crippen molar-refractivity contribution in [2.75, 3.05) is 12.4 Å². The molecule has 1 aromatic carbocycles. The molecule has 0 spiro atoms. The number of carbonyl (C=O) groups is 1. The highest BCUT2D eigenvalue weighted by atomic mass is 16.7. The van der Waals surface area contributed by atoms with Gasteiger partial charge in [0.2, 0.25) is 5.60 Å². The van der Waals surface area contributed by atoms with Crippen LogP contribution in [0, 0.1) is 6.92 Å². The molecular weight excluding hydrogens is 320 g/mol. The number of rotatable bonds is 5. The first kappa shape index (κ1) is 17.0. The molecule has 2 heterocycles. The number of benzene rings is 1. The van der Waals surface area contributed by atoms with Gasteiger partial charge in [-0.2, -0.15) is 5.10 Å². The Morgan fingerprint density at radius 1 is 1.40 bits per heavy atom. The van der Waals surface area contributed by atoms with Crippen molar-refractivity contribution < 1.29 is 14.4 Å². The van der Waals surface area contributed by atoms with E-state index < -0.39 is 5.60 Å². The number of nitrogens with one attached hydrogen (secondary N) is 1. The van der Waals surface area contributed by atoms with Gasteiger partial charge in [-0.3, -0.25) is 4.79 Å². The third kappa shape index (κ3) is 3.35. The van der Waals surface area contributed by atoms with E-state index in [1.807, 2.05) is 44.2 Å². The molecule has 0 aliphatic carbocycles. The smallest absolute Gasteiger partial charge is 0.272 e. The van der Waals surface area contributed by atoms with Crippen molar-refractivity contribution in [3.63, 3.8) is 0 Å². The molecular formula is C18H22N4O3. The molecule has 7 heteroatoms. The second-order valence-electron chi connectivity index (χ2n) is 6.21. The molecule has 1 aliphatic rings. The summed E-state index contributed by atoms with van der Waals surface area (Å²) in [6.45, 7) is 6.28. The van der Waals surface area contributed by atoms with E-state index >= 15 is 0 Å². The number of anilines is 1. The number of aromatic nitrogens is 2. The molecule has 0 saturated carbocycles. The van der Waals surface area contributed by atoms with Gasteiger partial charge in [-0.05, 0) is 50.6 Å². The van der Waals surface area contributed by atoms with E-state index in [-0.39, 0.29) is 5.91 Å². The van der Waals surface area contributed by atoms with Gasteiger partial charge >= 0.3 is 0 Å². The van der Waals surface area contributed by atoms with Crippen LogP contribution in [0.4, 0.5) is 5.82 Å². The van der Waals surface area contributed by atoms with Gasteiger partial charge in [0, 0.05) is 19.0 Å². The summed E-state index contributed by atoms with van der Waals surface area (Å²) in [5.74, 6) is 1.19. The van der Waals surface area contributed by atoms with Crippen LogP contribution in [0.15, 0.2) is 35.5 Å². The minimum atomic E-state index is -1.05. The molecule has 3 rings (SSSR count). The van der Waals surface area contributed by atoms with E-state index in [2.05, 4.69) is 15.6 Å². The zero-order chi connectivity index (χ0) is 18.0. The Balaban J connectivity index is 1.71. The summed E-state index contributed by atoms with van der Waals surface area (Å²) in [5.41, 5.74) is 1.45. The SMILES string of the molecule is CCn1nc(C)cc1NC(=O)[C@@]1(C)CC(c2ccc(OC)cc2)=NO1. The third-order valence-corrected chi connectivity index (χ3v) is 4.21. The van der Waals surface area contributed by atoms with Crippen LogP contribution in [0.1, 0.15) is 31.5 Å². The van der Waals surface area contributed by atoms with Gasteiger partial charge in [0.1, 0.15) is 11.6 Å². The average molecular weight is 342 g/mol. The lowest BCUT2D eigenvalue weighted by molar-refractivity contribution is -0.136. The lowest BCUT2D eigenvalue weighted by Crippen LogP contribution is -2.40. The molecule has 0 saturated heterocycles. The van der Waals surface area contributed by atoms with Crippen molar-refractivity contribution in [3.05, 3.63) is 41.6 Å². The summed E-state index contributed by atoms with van der Waals surface area (Å²) >= 11 is 0. The largest absolute Gasteiger partial charge is 0.497 e. The van der Waals surface area contributed by atoms with Crippen molar-refractivity contribution in [1.82, 2.24) is 9.78 Å². The predicted molar refractivity (Wildman–Crippen MR) is 94.9 cm³/mol. The minimum absolute atomic E-state index is 0.241. The fourth-order valence-electron chi connectivity index (χ4n) is 2.74. The highest BCUT2D eigenvalue weighted by Crippen LogP contribution is 2.29. The first-order valence-corrected chi connectivity index (χ1v) is 8.20. The maximum Gasteiger partial charge on any atom is 0.272 e. The fourth-order valence-corrected chi connectivity index (χ4v) is 2.74. The predicted octanol–water partition coefficient (Wildman–Crippen LogP) is 2.74. The summed E-state index contributed by atoms with van der Waals surface area (Å²) < 4.78 is 6.90. The number of ether oxygens (including phenoxy) is 1.